The summed E-state index contributed by atoms with van der Waals surface area (Å²) in [4.78, 5) is 15.0. The van der Waals surface area contributed by atoms with Crippen LogP contribution in [-0.4, -0.2) is 59.7 Å². The van der Waals surface area contributed by atoms with E-state index in [4.69, 9.17) is 0 Å². The molecule has 206 valence electrons. The third-order valence-corrected chi connectivity index (χ3v) is 9.58. The minimum Gasteiger partial charge on any atom is -0.394 e. The summed E-state index contributed by atoms with van der Waals surface area (Å²) in [6.07, 6.45) is 2.01. The van der Waals surface area contributed by atoms with Gasteiger partial charge in [0.25, 0.3) is 0 Å². The number of piperidine rings is 1. The predicted octanol–water partition coefficient (Wildman–Crippen LogP) is 4.89. The molecular formula is C20H23F7N6O2S2. The van der Waals surface area contributed by atoms with E-state index < -0.39 is 49.1 Å². The van der Waals surface area contributed by atoms with Crippen LogP contribution in [0, 0.1) is 0 Å². The number of alkyl halides is 2. The highest BCUT2D eigenvalue weighted by atomic mass is 32.5. The molecule has 1 aliphatic carbocycles. The van der Waals surface area contributed by atoms with Gasteiger partial charge in [-0.2, -0.15) is 13.8 Å². The largest absolute Gasteiger partial charge is 0.394 e. The second-order valence-corrected chi connectivity index (χ2v) is 13.6. The number of aromatic nitrogens is 4. The number of hydrogen-bond donors (Lipinski definition) is 2. The predicted molar refractivity (Wildman–Crippen MR) is 122 cm³/mol. The van der Waals surface area contributed by atoms with Gasteiger partial charge in [0, 0.05) is 19.0 Å². The lowest BCUT2D eigenvalue weighted by molar-refractivity contribution is 0.104. The smallest absolute Gasteiger partial charge is 0.331 e. The second-order valence-electron chi connectivity index (χ2n) is 9.66. The number of hydrogen-bond acceptors (Lipinski definition) is 8. The lowest BCUT2D eigenvalue weighted by Gasteiger charge is -2.42. The van der Waals surface area contributed by atoms with Gasteiger partial charge < -0.3 is 15.3 Å². The Morgan fingerprint density at radius 2 is 1.70 bits per heavy atom. The summed E-state index contributed by atoms with van der Waals surface area (Å²) < 4.78 is 106. The maximum Gasteiger partial charge on any atom is 0.331 e. The average molecular weight is 577 g/mol. The summed E-state index contributed by atoms with van der Waals surface area (Å²) in [6.45, 7) is 0.275. The van der Waals surface area contributed by atoms with Gasteiger partial charge in [-0.25, -0.2) is 19.2 Å². The first-order valence-corrected chi connectivity index (χ1v) is 14.5. The molecule has 5 rings (SSSR count). The van der Waals surface area contributed by atoms with Gasteiger partial charge in [-0.05, 0) is 32.1 Å². The van der Waals surface area contributed by atoms with Crippen LogP contribution in [-0.2, 0) is 17.2 Å². The molecule has 1 saturated carbocycles. The van der Waals surface area contributed by atoms with Gasteiger partial charge in [0.15, 0.2) is 0 Å². The molecule has 0 radical (unpaired) electrons. The Balaban J connectivity index is 1.36. The molecule has 0 bridgehead atoms. The maximum absolute atomic E-state index is 14.3. The number of halogens is 7. The summed E-state index contributed by atoms with van der Waals surface area (Å²) >= 11 is 0. The molecule has 0 unspecified atom stereocenters. The van der Waals surface area contributed by atoms with Crippen LogP contribution in [0.15, 0.2) is 22.2 Å². The van der Waals surface area contributed by atoms with E-state index in [2.05, 4.69) is 25.3 Å². The first-order chi connectivity index (χ1) is 17.0. The first kappa shape index (κ1) is 26.3. The van der Waals surface area contributed by atoms with Gasteiger partial charge in [-0.3, -0.25) is 0 Å². The van der Waals surface area contributed by atoms with Gasteiger partial charge in [-0.1, -0.05) is 19.4 Å². The Bertz CT molecular complexity index is 1250. The topological polar surface area (TPSA) is 104 Å². The molecule has 17 heteroatoms. The molecule has 2 N–H and O–H groups in total. The highest BCUT2D eigenvalue weighted by Crippen LogP contribution is 3.01. The van der Waals surface area contributed by atoms with E-state index in [1.165, 1.54) is 0 Å². The molecule has 1 saturated heterocycles. The third kappa shape index (κ3) is 4.96. The lowest BCUT2D eigenvalue weighted by atomic mass is 9.77. The number of nitrogens with zero attached hydrogens (tertiary/aromatic N) is 5. The fourth-order valence-electron chi connectivity index (χ4n) is 4.69. The van der Waals surface area contributed by atoms with Crippen molar-refractivity contribution in [2.24, 2.45) is 0 Å². The van der Waals surface area contributed by atoms with Crippen molar-refractivity contribution in [3.05, 3.63) is 23.9 Å². The zero-order valence-corrected chi connectivity index (χ0v) is 20.8. The average Bonchev–Trinajstić information content (AvgIpc) is 3.03. The Morgan fingerprint density at radius 3 is 2.22 bits per heavy atom. The van der Waals surface area contributed by atoms with Crippen molar-refractivity contribution in [2.75, 3.05) is 29.9 Å². The molecule has 2 aromatic heterocycles. The van der Waals surface area contributed by atoms with Gasteiger partial charge >= 0.3 is 15.5 Å². The molecule has 2 aromatic rings. The molecular weight excluding hydrogens is 553 g/mol. The van der Waals surface area contributed by atoms with Crippen molar-refractivity contribution in [3.63, 3.8) is 0 Å². The van der Waals surface area contributed by atoms with Crippen molar-refractivity contribution in [3.8, 4) is 0 Å². The van der Waals surface area contributed by atoms with Crippen LogP contribution in [0.1, 0.15) is 49.5 Å². The SMILES string of the molecule is O=[S@]1c2c(nc(N3CCC(c4ncc(S(F)(F)(F)(F)F)cn4)CC3)nc2NC2(CO)CCC2)CC1(F)F. The van der Waals surface area contributed by atoms with Crippen molar-refractivity contribution in [2.45, 2.75) is 65.0 Å². The summed E-state index contributed by atoms with van der Waals surface area (Å²) in [5, 5.41) is 9.32. The highest BCUT2D eigenvalue weighted by molar-refractivity contribution is 8.45. The molecule has 2 fully saturated rings. The highest BCUT2D eigenvalue weighted by Gasteiger charge is 2.66. The molecule has 8 nitrogen and oxygen atoms in total. The number of rotatable bonds is 6. The Hall–Kier alpha value is -2.27. The fourth-order valence-corrected chi connectivity index (χ4v) is 6.36. The van der Waals surface area contributed by atoms with Crippen molar-refractivity contribution in [1.29, 1.82) is 0 Å². The third-order valence-electron chi connectivity index (χ3n) is 6.99. The molecule has 0 amide bonds. The Morgan fingerprint density at radius 1 is 1.08 bits per heavy atom. The van der Waals surface area contributed by atoms with Crippen molar-refractivity contribution in [1.82, 2.24) is 19.9 Å². The molecule has 3 aliphatic rings. The maximum atomic E-state index is 14.3. The monoisotopic (exact) mass is 576 g/mol. The van der Waals surface area contributed by atoms with Crippen LogP contribution < -0.4 is 10.2 Å². The van der Waals surface area contributed by atoms with Crippen LogP contribution in [0.5, 0.6) is 0 Å². The molecule has 0 spiro atoms. The van der Waals surface area contributed by atoms with Crippen LogP contribution in [0.25, 0.3) is 0 Å². The summed E-state index contributed by atoms with van der Waals surface area (Å²) in [7, 11) is -12.5. The molecule has 1 atom stereocenters. The van der Waals surface area contributed by atoms with E-state index in [0.717, 1.165) is 6.42 Å². The first-order valence-electron chi connectivity index (χ1n) is 11.4. The van der Waals surface area contributed by atoms with E-state index in [9.17, 15) is 37.5 Å². The molecule has 4 heterocycles. The minimum atomic E-state index is -9.87. The zero-order chi connectivity index (χ0) is 26.9. The van der Waals surface area contributed by atoms with E-state index >= 15 is 0 Å². The zero-order valence-electron chi connectivity index (χ0n) is 19.1. The van der Waals surface area contributed by atoms with Crippen LogP contribution in [0.3, 0.4) is 0 Å². The van der Waals surface area contributed by atoms with E-state index in [0.29, 0.717) is 25.7 Å². The van der Waals surface area contributed by atoms with Gasteiger partial charge in [-0.15, -0.1) is 0 Å². The summed E-state index contributed by atoms with van der Waals surface area (Å²) in [6, 6.07) is 0. The van der Waals surface area contributed by atoms with E-state index in [-0.39, 0.29) is 60.3 Å². The summed E-state index contributed by atoms with van der Waals surface area (Å²) in [5.41, 5.74) is -0.798. The molecule has 2 aliphatic heterocycles. The van der Waals surface area contributed by atoms with Crippen LogP contribution in [0.2, 0.25) is 0 Å². The standard InChI is InChI=1S/C20H23F7N6O2S2/c21-20(22)8-14-15(36(20)35)17(32-19(11-34)4-1-5-19)31-18(30-14)33-6-2-12(3-7-33)16-28-9-13(10-29-16)37(23,24,25,26)27/h9-10,12,34H,1-8,11H2,(H,30,31,32)/t36-/m0/s1. The van der Waals surface area contributed by atoms with E-state index in [1.807, 2.05) is 0 Å². The van der Waals surface area contributed by atoms with Crippen molar-refractivity contribution < 1.29 is 37.5 Å². The fraction of sp³-hybridized carbons (Fsp3) is 0.600. The van der Waals surface area contributed by atoms with Crippen molar-refractivity contribution >= 4 is 32.8 Å². The number of nitrogens with one attached hydrogen (secondary N) is 1. The van der Waals surface area contributed by atoms with Gasteiger partial charge in [0.2, 0.25) is 5.95 Å². The second kappa shape index (κ2) is 7.88. The van der Waals surface area contributed by atoms with E-state index in [1.54, 1.807) is 4.90 Å². The number of fused-ring (bicyclic) bond motifs is 1. The van der Waals surface area contributed by atoms with Crippen LogP contribution >= 0.6 is 10.2 Å². The molecule has 0 aromatic carbocycles. The Kier molecular flexibility index (Phi) is 5.61. The number of aliphatic hydroxyl groups is 1. The molecule has 37 heavy (non-hydrogen) atoms. The quantitative estimate of drug-likeness (QED) is 0.469. The number of aliphatic hydroxyl groups excluding tert-OH is 1. The van der Waals surface area contributed by atoms with Crippen LogP contribution in [0.4, 0.5) is 40.0 Å². The van der Waals surface area contributed by atoms with Gasteiger partial charge in [0.05, 0.1) is 36.7 Å². The summed E-state index contributed by atoms with van der Waals surface area (Å²) in [5.74, 6) is -0.326. The minimum absolute atomic E-state index is 0.00705. The normalized spacial score (nSPS) is 25.1. The lowest BCUT2D eigenvalue weighted by Crippen LogP contribution is -2.49. The van der Waals surface area contributed by atoms with Gasteiger partial charge in [0.1, 0.15) is 32.2 Å². The Labute approximate surface area is 209 Å². The number of anilines is 2.